The number of phenols is 2. The average Bonchev–Trinajstić information content (AvgIpc) is 2.41. The highest BCUT2D eigenvalue weighted by Crippen LogP contribution is 2.29. The quantitative estimate of drug-likeness (QED) is 0.730. The number of hydrogen-bond acceptors (Lipinski definition) is 3. The van der Waals surface area contributed by atoms with Gasteiger partial charge in [0.2, 0.25) is 0 Å². The van der Waals surface area contributed by atoms with Crippen LogP contribution in [0.2, 0.25) is 5.02 Å². The van der Waals surface area contributed by atoms with E-state index >= 15 is 0 Å². The normalized spacial score (nSPS) is 12.1. The van der Waals surface area contributed by atoms with E-state index in [9.17, 15) is 10.2 Å². The summed E-state index contributed by atoms with van der Waals surface area (Å²) in [7, 11) is 0. The van der Waals surface area contributed by atoms with Gasteiger partial charge in [-0.25, -0.2) is 0 Å². The third kappa shape index (κ3) is 3.32. The van der Waals surface area contributed by atoms with E-state index in [1.165, 1.54) is 0 Å². The van der Waals surface area contributed by atoms with Crippen molar-refractivity contribution in [3.8, 4) is 11.5 Å². The lowest BCUT2D eigenvalue weighted by Crippen LogP contribution is -2.09. The molecule has 1 atom stereocenters. The zero-order valence-electron chi connectivity index (χ0n) is 10.6. The number of nitrogens with one attached hydrogen (secondary N) is 1. The van der Waals surface area contributed by atoms with Crippen molar-refractivity contribution in [1.82, 2.24) is 0 Å². The van der Waals surface area contributed by atoms with Crippen LogP contribution in [0.15, 0.2) is 42.5 Å². The van der Waals surface area contributed by atoms with Gasteiger partial charge in [0.05, 0.1) is 11.1 Å². The molecule has 0 amide bonds. The summed E-state index contributed by atoms with van der Waals surface area (Å²) in [6, 6.07) is 12.3. The first-order valence-electron chi connectivity index (χ1n) is 6.14. The van der Waals surface area contributed by atoms with Crippen LogP contribution in [-0.2, 0) is 0 Å². The van der Waals surface area contributed by atoms with Gasteiger partial charge >= 0.3 is 0 Å². The molecule has 2 aromatic carbocycles. The molecule has 0 spiro atoms. The van der Waals surface area contributed by atoms with Crippen LogP contribution in [0, 0.1) is 0 Å². The maximum absolute atomic E-state index is 9.40. The minimum atomic E-state index is 0.0740. The van der Waals surface area contributed by atoms with Gasteiger partial charge in [-0.05, 0) is 42.3 Å². The Balaban J connectivity index is 2.18. The first-order chi connectivity index (χ1) is 9.10. The van der Waals surface area contributed by atoms with E-state index in [0.29, 0.717) is 5.02 Å². The molecule has 0 saturated heterocycles. The second-order valence-electron chi connectivity index (χ2n) is 4.36. The van der Waals surface area contributed by atoms with Crippen molar-refractivity contribution in [2.24, 2.45) is 0 Å². The van der Waals surface area contributed by atoms with Crippen molar-refractivity contribution in [2.45, 2.75) is 19.4 Å². The highest BCUT2D eigenvalue weighted by Gasteiger charge is 2.10. The molecule has 0 aliphatic heterocycles. The number of halogens is 1. The van der Waals surface area contributed by atoms with Crippen molar-refractivity contribution in [1.29, 1.82) is 0 Å². The van der Waals surface area contributed by atoms with E-state index in [1.54, 1.807) is 30.3 Å². The molecule has 0 saturated carbocycles. The van der Waals surface area contributed by atoms with E-state index in [-0.39, 0.29) is 17.5 Å². The summed E-state index contributed by atoms with van der Waals surface area (Å²) in [5, 5.41) is 22.4. The zero-order valence-corrected chi connectivity index (χ0v) is 11.4. The monoisotopic (exact) mass is 277 g/mol. The number of benzene rings is 2. The second-order valence-corrected chi connectivity index (χ2v) is 4.77. The Hall–Kier alpha value is -1.87. The molecule has 100 valence electrons. The van der Waals surface area contributed by atoms with Crippen LogP contribution in [-0.4, -0.2) is 10.2 Å². The predicted octanol–water partition coefficient (Wildman–Crippen LogP) is 4.31. The Morgan fingerprint density at radius 2 is 1.79 bits per heavy atom. The molecular weight excluding hydrogens is 262 g/mol. The molecule has 0 aromatic heterocycles. The molecule has 3 N–H and O–H groups in total. The molecule has 0 heterocycles. The Morgan fingerprint density at radius 3 is 2.37 bits per heavy atom. The molecule has 0 bridgehead atoms. The first kappa shape index (κ1) is 13.6. The minimum absolute atomic E-state index is 0.0740. The van der Waals surface area contributed by atoms with Crippen LogP contribution in [0.4, 0.5) is 5.69 Å². The Morgan fingerprint density at radius 1 is 1.11 bits per heavy atom. The molecule has 3 nitrogen and oxygen atoms in total. The summed E-state index contributed by atoms with van der Waals surface area (Å²) < 4.78 is 0. The zero-order chi connectivity index (χ0) is 13.8. The molecule has 1 unspecified atom stereocenters. The largest absolute Gasteiger partial charge is 0.508 e. The number of phenolic OH excluding ortho intramolecular Hbond substituents is 2. The fourth-order valence-corrected chi connectivity index (χ4v) is 2.11. The fourth-order valence-electron chi connectivity index (χ4n) is 1.93. The molecular formula is C15H16ClNO2. The topological polar surface area (TPSA) is 52.5 Å². The van der Waals surface area contributed by atoms with Gasteiger partial charge < -0.3 is 15.5 Å². The van der Waals surface area contributed by atoms with Crippen LogP contribution in [0.5, 0.6) is 11.5 Å². The highest BCUT2D eigenvalue weighted by atomic mass is 35.5. The molecule has 0 aliphatic rings. The van der Waals surface area contributed by atoms with Crippen molar-refractivity contribution < 1.29 is 10.2 Å². The van der Waals surface area contributed by atoms with Crippen molar-refractivity contribution in [2.75, 3.05) is 5.32 Å². The van der Waals surface area contributed by atoms with Gasteiger partial charge in [0, 0.05) is 5.69 Å². The average molecular weight is 278 g/mol. The second kappa shape index (κ2) is 5.85. The van der Waals surface area contributed by atoms with Crippen molar-refractivity contribution in [3.63, 3.8) is 0 Å². The van der Waals surface area contributed by atoms with Crippen molar-refractivity contribution in [3.05, 3.63) is 53.1 Å². The van der Waals surface area contributed by atoms with E-state index in [1.807, 2.05) is 12.1 Å². The Labute approximate surface area is 117 Å². The van der Waals surface area contributed by atoms with E-state index in [0.717, 1.165) is 17.7 Å². The van der Waals surface area contributed by atoms with Crippen molar-refractivity contribution >= 4 is 17.3 Å². The van der Waals surface area contributed by atoms with Gasteiger partial charge in [-0.1, -0.05) is 30.7 Å². The summed E-state index contributed by atoms with van der Waals surface area (Å²) in [6.45, 7) is 2.08. The van der Waals surface area contributed by atoms with Crippen LogP contribution in [0.3, 0.4) is 0 Å². The van der Waals surface area contributed by atoms with Gasteiger partial charge in [0.15, 0.2) is 0 Å². The smallest absolute Gasteiger partial charge is 0.134 e. The van der Waals surface area contributed by atoms with Gasteiger partial charge in [0.25, 0.3) is 0 Å². The maximum Gasteiger partial charge on any atom is 0.134 e. The molecule has 4 heteroatoms. The third-order valence-electron chi connectivity index (χ3n) is 2.99. The molecule has 0 aliphatic carbocycles. The fraction of sp³-hybridized carbons (Fsp3) is 0.200. The van der Waals surface area contributed by atoms with Crippen LogP contribution < -0.4 is 5.32 Å². The lowest BCUT2D eigenvalue weighted by atomic mass is 10.0. The summed E-state index contributed by atoms with van der Waals surface area (Å²) in [5.74, 6) is 0.330. The molecule has 2 aromatic rings. The number of anilines is 1. The summed E-state index contributed by atoms with van der Waals surface area (Å²) in [6.07, 6.45) is 0.892. The number of aromatic hydroxyl groups is 2. The summed E-state index contributed by atoms with van der Waals surface area (Å²) >= 11 is 5.88. The van der Waals surface area contributed by atoms with Gasteiger partial charge in [-0.15, -0.1) is 0 Å². The molecule has 2 rings (SSSR count). The SMILES string of the molecule is CCC(Nc1ccc(O)c(Cl)c1)c1ccc(O)cc1. The first-order valence-corrected chi connectivity index (χ1v) is 6.52. The lowest BCUT2D eigenvalue weighted by molar-refractivity contribution is 0.474. The van der Waals surface area contributed by atoms with Crippen LogP contribution >= 0.6 is 11.6 Å². The number of hydrogen-bond donors (Lipinski definition) is 3. The van der Waals surface area contributed by atoms with Gasteiger partial charge in [-0.3, -0.25) is 0 Å². The van der Waals surface area contributed by atoms with E-state index in [2.05, 4.69) is 12.2 Å². The van der Waals surface area contributed by atoms with Gasteiger partial charge in [0.1, 0.15) is 11.5 Å². The molecule has 0 radical (unpaired) electrons. The number of rotatable bonds is 4. The van der Waals surface area contributed by atoms with E-state index in [4.69, 9.17) is 11.6 Å². The minimum Gasteiger partial charge on any atom is -0.508 e. The Kier molecular flexibility index (Phi) is 4.17. The Bertz CT molecular complexity index is 555. The molecule has 0 fully saturated rings. The molecule has 19 heavy (non-hydrogen) atoms. The van der Waals surface area contributed by atoms with Crippen LogP contribution in [0.25, 0.3) is 0 Å². The standard InChI is InChI=1S/C15H16ClNO2/c1-2-14(10-3-6-12(18)7-4-10)17-11-5-8-15(19)13(16)9-11/h3-9,14,17-19H,2H2,1H3. The summed E-state index contributed by atoms with van der Waals surface area (Å²) in [5.41, 5.74) is 1.94. The predicted molar refractivity (Wildman–Crippen MR) is 77.9 cm³/mol. The van der Waals surface area contributed by atoms with Gasteiger partial charge in [-0.2, -0.15) is 0 Å². The summed E-state index contributed by atoms with van der Waals surface area (Å²) in [4.78, 5) is 0. The van der Waals surface area contributed by atoms with Crippen LogP contribution in [0.1, 0.15) is 24.9 Å². The lowest BCUT2D eigenvalue weighted by Gasteiger charge is -2.19. The maximum atomic E-state index is 9.40. The van der Waals surface area contributed by atoms with E-state index < -0.39 is 0 Å². The highest BCUT2D eigenvalue weighted by molar-refractivity contribution is 6.32. The third-order valence-corrected chi connectivity index (χ3v) is 3.30.